The van der Waals surface area contributed by atoms with E-state index < -0.39 is 11.8 Å². The second kappa shape index (κ2) is 7.24. The van der Waals surface area contributed by atoms with Crippen molar-refractivity contribution in [3.8, 4) is 0 Å². The van der Waals surface area contributed by atoms with Gasteiger partial charge >= 0.3 is 5.97 Å². The van der Waals surface area contributed by atoms with Crippen LogP contribution in [0.5, 0.6) is 0 Å². The molecule has 6 heteroatoms. The van der Waals surface area contributed by atoms with E-state index in [1.807, 2.05) is 12.1 Å². The Morgan fingerprint density at radius 1 is 1.27 bits per heavy atom. The number of rotatable bonds is 5. The van der Waals surface area contributed by atoms with Crippen LogP contribution in [0.2, 0.25) is 0 Å². The first-order valence-electron chi connectivity index (χ1n) is 6.60. The number of hydrogen-bond donors (Lipinski definition) is 0. The van der Waals surface area contributed by atoms with Gasteiger partial charge < -0.3 is 4.74 Å². The molecule has 0 fully saturated rings. The second-order valence-corrected chi connectivity index (χ2v) is 4.64. The molecule has 0 spiro atoms. The summed E-state index contributed by atoms with van der Waals surface area (Å²) in [4.78, 5) is 14.4. The average molecular weight is 299 g/mol. The number of esters is 1. The molecule has 2 aromatic rings. The molecule has 0 aliphatic heterocycles. The van der Waals surface area contributed by atoms with Crippen LogP contribution in [0.25, 0.3) is 10.4 Å². The Morgan fingerprint density at radius 2 is 2.05 bits per heavy atom. The predicted molar refractivity (Wildman–Crippen MR) is 79.8 cm³/mol. The summed E-state index contributed by atoms with van der Waals surface area (Å²) < 4.78 is 18.4. The molecule has 0 aliphatic carbocycles. The van der Waals surface area contributed by atoms with Crippen LogP contribution in [0.4, 0.5) is 4.39 Å². The van der Waals surface area contributed by atoms with Crippen molar-refractivity contribution in [3.05, 3.63) is 81.0 Å². The Labute approximate surface area is 127 Å². The van der Waals surface area contributed by atoms with E-state index in [4.69, 9.17) is 10.3 Å². The number of azide groups is 1. The van der Waals surface area contributed by atoms with Gasteiger partial charge in [0.25, 0.3) is 0 Å². The molecule has 5 nitrogen and oxygen atoms in total. The van der Waals surface area contributed by atoms with Crippen LogP contribution in [0.1, 0.15) is 27.0 Å². The summed E-state index contributed by atoms with van der Waals surface area (Å²) in [6, 6.07) is 11.7. The van der Waals surface area contributed by atoms with Gasteiger partial charge in [0.15, 0.2) is 0 Å². The van der Waals surface area contributed by atoms with Gasteiger partial charge in [0.1, 0.15) is 5.82 Å². The second-order valence-electron chi connectivity index (χ2n) is 4.64. The lowest BCUT2D eigenvalue weighted by Crippen LogP contribution is -2.06. The molecule has 2 rings (SSSR count). The molecule has 0 atom stereocenters. The number of carbonyl (C=O) groups excluding carboxylic acids is 1. The molecule has 0 amide bonds. The van der Waals surface area contributed by atoms with Crippen LogP contribution < -0.4 is 0 Å². The molecule has 2 aromatic carbocycles. The van der Waals surface area contributed by atoms with Crippen molar-refractivity contribution >= 4 is 5.97 Å². The average Bonchev–Trinajstić information content (AvgIpc) is 2.55. The highest BCUT2D eigenvalue weighted by molar-refractivity contribution is 5.91. The van der Waals surface area contributed by atoms with Gasteiger partial charge in [-0.2, -0.15) is 0 Å². The van der Waals surface area contributed by atoms with Crippen molar-refractivity contribution in [2.24, 2.45) is 5.11 Å². The first kappa shape index (κ1) is 15.5. The van der Waals surface area contributed by atoms with Gasteiger partial charge in [-0.1, -0.05) is 35.4 Å². The predicted octanol–water partition coefficient (Wildman–Crippen LogP) is 4.01. The summed E-state index contributed by atoms with van der Waals surface area (Å²) in [6.07, 6.45) is 0.453. The van der Waals surface area contributed by atoms with E-state index in [0.717, 1.165) is 11.1 Å². The van der Waals surface area contributed by atoms with Gasteiger partial charge in [-0.15, -0.1) is 0 Å². The van der Waals surface area contributed by atoms with E-state index in [0.29, 0.717) is 17.5 Å². The SMILES string of the molecule is COC(=O)c1ccccc1Cc1ccc(F)c(CN=[N+]=[N-])c1. The third-order valence-corrected chi connectivity index (χ3v) is 3.23. The molecule has 0 unspecified atom stereocenters. The maximum Gasteiger partial charge on any atom is 0.338 e. The zero-order valence-electron chi connectivity index (χ0n) is 12.0. The van der Waals surface area contributed by atoms with Crippen molar-refractivity contribution < 1.29 is 13.9 Å². The summed E-state index contributed by atoms with van der Waals surface area (Å²) in [7, 11) is 1.33. The summed E-state index contributed by atoms with van der Waals surface area (Å²) in [6.45, 7) is -0.0468. The van der Waals surface area contributed by atoms with Crippen LogP contribution in [-0.4, -0.2) is 13.1 Å². The van der Waals surface area contributed by atoms with Crippen LogP contribution in [0.3, 0.4) is 0 Å². The zero-order valence-corrected chi connectivity index (χ0v) is 12.0. The molecular formula is C16H14FN3O2. The fourth-order valence-electron chi connectivity index (χ4n) is 2.17. The number of halogens is 1. The van der Waals surface area contributed by atoms with Gasteiger partial charge in [0.2, 0.25) is 0 Å². The third-order valence-electron chi connectivity index (χ3n) is 3.23. The summed E-state index contributed by atoms with van der Waals surface area (Å²) >= 11 is 0. The Bertz CT molecular complexity index is 740. The molecule has 0 aromatic heterocycles. The van der Waals surface area contributed by atoms with E-state index >= 15 is 0 Å². The smallest absolute Gasteiger partial charge is 0.338 e. The normalized spacial score (nSPS) is 9.91. The number of hydrogen-bond acceptors (Lipinski definition) is 3. The molecule has 0 N–H and O–H groups in total. The molecule has 0 saturated carbocycles. The number of ether oxygens (including phenoxy) is 1. The number of methoxy groups -OCH3 is 1. The number of carbonyl (C=O) groups is 1. The van der Waals surface area contributed by atoms with E-state index in [2.05, 4.69) is 10.0 Å². The Morgan fingerprint density at radius 3 is 2.77 bits per heavy atom. The molecule has 112 valence electrons. The highest BCUT2D eigenvalue weighted by Crippen LogP contribution is 2.18. The fraction of sp³-hybridized carbons (Fsp3) is 0.188. The zero-order chi connectivity index (χ0) is 15.9. The number of benzene rings is 2. The van der Waals surface area contributed by atoms with Crippen molar-refractivity contribution in [1.29, 1.82) is 0 Å². The molecule has 0 saturated heterocycles. The standard InChI is InChI=1S/C16H14FN3O2/c1-22-16(21)14-5-3-2-4-12(14)8-11-6-7-15(17)13(9-11)10-19-20-18/h2-7,9H,8,10H2,1H3. The maximum atomic E-state index is 13.6. The third kappa shape index (κ3) is 3.62. The van der Waals surface area contributed by atoms with Crippen LogP contribution in [0.15, 0.2) is 47.6 Å². The first-order valence-corrected chi connectivity index (χ1v) is 6.60. The minimum atomic E-state index is -0.419. The lowest BCUT2D eigenvalue weighted by atomic mass is 9.98. The first-order chi connectivity index (χ1) is 10.7. The lowest BCUT2D eigenvalue weighted by Gasteiger charge is -2.09. The van der Waals surface area contributed by atoms with E-state index in [1.54, 1.807) is 24.3 Å². The molecule has 0 aliphatic rings. The van der Waals surface area contributed by atoms with Crippen LogP contribution >= 0.6 is 0 Å². The van der Waals surface area contributed by atoms with E-state index in [1.165, 1.54) is 13.2 Å². The molecule has 0 radical (unpaired) electrons. The van der Waals surface area contributed by atoms with Crippen molar-refractivity contribution in [1.82, 2.24) is 0 Å². The molecule has 0 heterocycles. The summed E-state index contributed by atoms with van der Waals surface area (Å²) in [5.41, 5.74) is 10.7. The minimum Gasteiger partial charge on any atom is -0.465 e. The molecule has 0 bridgehead atoms. The van der Waals surface area contributed by atoms with E-state index in [-0.39, 0.29) is 6.54 Å². The fourth-order valence-corrected chi connectivity index (χ4v) is 2.17. The Hall–Kier alpha value is -2.85. The molecular weight excluding hydrogens is 285 g/mol. The monoisotopic (exact) mass is 299 g/mol. The van der Waals surface area contributed by atoms with E-state index in [9.17, 15) is 9.18 Å². The number of nitrogens with zero attached hydrogens (tertiary/aromatic N) is 3. The van der Waals surface area contributed by atoms with Gasteiger partial charge in [-0.25, -0.2) is 9.18 Å². The van der Waals surface area contributed by atoms with Gasteiger partial charge in [0.05, 0.1) is 19.2 Å². The van der Waals surface area contributed by atoms with Gasteiger partial charge in [-0.3, -0.25) is 0 Å². The highest BCUT2D eigenvalue weighted by Gasteiger charge is 2.12. The lowest BCUT2D eigenvalue weighted by molar-refractivity contribution is 0.0599. The molecule has 22 heavy (non-hydrogen) atoms. The van der Waals surface area contributed by atoms with Crippen molar-refractivity contribution in [2.45, 2.75) is 13.0 Å². The van der Waals surface area contributed by atoms with Crippen LogP contribution in [0, 0.1) is 5.82 Å². The Kier molecular flexibility index (Phi) is 5.11. The van der Waals surface area contributed by atoms with Crippen molar-refractivity contribution in [2.75, 3.05) is 7.11 Å². The van der Waals surface area contributed by atoms with Gasteiger partial charge in [-0.05, 0) is 40.8 Å². The highest BCUT2D eigenvalue weighted by atomic mass is 19.1. The minimum absolute atomic E-state index is 0.0468. The summed E-state index contributed by atoms with van der Waals surface area (Å²) in [5, 5.41) is 3.38. The summed E-state index contributed by atoms with van der Waals surface area (Å²) in [5.74, 6) is -0.829. The topological polar surface area (TPSA) is 75.1 Å². The largest absolute Gasteiger partial charge is 0.465 e. The van der Waals surface area contributed by atoms with Gasteiger partial charge in [0, 0.05) is 4.91 Å². The quantitative estimate of drug-likeness (QED) is 0.362. The maximum absolute atomic E-state index is 13.6. The Balaban J connectivity index is 2.31. The van der Waals surface area contributed by atoms with Crippen molar-refractivity contribution in [3.63, 3.8) is 0 Å². The van der Waals surface area contributed by atoms with Crippen LogP contribution in [-0.2, 0) is 17.7 Å².